The van der Waals surface area contributed by atoms with E-state index >= 15 is 0 Å². The Hall–Kier alpha value is -3.84. The Morgan fingerprint density at radius 2 is 1.81 bits per heavy atom. The number of aromatic nitrogens is 1. The van der Waals surface area contributed by atoms with Crippen LogP contribution < -0.4 is 20.7 Å². The number of nitrogens with one attached hydrogen (secondary N) is 3. The number of aryl methyl sites for hydroxylation is 2. The van der Waals surface area contributed by atoms with Crippen LogP contribution in [0.5, 0.6) is 5.75 Å². The number of nitrogens with zero attached hydrogens (tertiary/aromatic N) is 3. The average Bonchev–Trinajstić information content (AvgIpc) is 3.38. The van der Waals surface area contributed by atoms with Crippen molar-refractivity contribution >= 4 is 29.3 Å². The molecular weight excluding hydrogens is 616 g/mol. The summed E-state index contributed by atoms with van der Waals surface area (Å²) in [6.07, 6.45) is 7.12. The van der Waals surface area contributed by atoms with Gasteiger partial charge in [0.25, 0.3) is 5.91 Å². The van der Waals surface area contributed by atoms with E-state index in [1.54, 1.807) is 55.8 Å². The van der Waals surface area contributed by atoms with E-state index in [1.807, 2.05) is 13.8 Å². The molecule has 0 bridgehead atoms. The minimum atomic E-state index is -0.523. The Balaban J connectivity index is 1.56. The Labute approximate surface area is 284 Å². The summed E-state index contributed by atoms with van der Waals surface area (Å²) in [5, 5.41) is 23.0. The molecule has 1 aromatic carbocycles. The van der Waals surface area contributed by atoms with E-state index in [0.717, 1.165) is 44.9 Å². The predicted molar refractivity (Wildman–Crippen MR) is 184 cm³/mol. The smallest absolute Gasteiger partial charge is 0.321 e. The van der Waals surface area contributed by atoms with E-state index < -0.39 is 12.1 Å². The number of urea groups is 2. The molecule has 0 saturated heterocycles. The molecule has 1 saturated carbocycles. The number of carbonyl (C=O) groups excluding carboxylic acids is 3. The first-order chi connectivity index (χ1) is 23.0. The molecule has 0 spiro atoms. The first-order valence-electron chi connectivity index (χ1n) is 17.3. The number of aliphatic hydroxyl groups excluding tert-OH is 1. The molecule has 48 heavy (non-hydrogen) atoms. The zero-order valence-electron chi connectivity index (χ0n) is 29.3. The van der Waals surface area contributed by atoms with Crippen molar-refractivity contribution in [1.29, 1.82) is 0 Å². The van der Waals surface area contributed by atoms with Crippen molar-refractivity contribution in [3.63, 3.8) is 0 Å². The molecule has 1 fully saturated rings. The zero-order chi connectivity index (χ0) is 34.8. The molecule has 0 unspecified atom stereocenters. The topological polar surface area (TPSA) is 158 Å². The maximum Gasteiger partial charge on any atom is 0.321 e. The second-order valence-electron chi connectivity index (χ2n) is 13.5. The Morgan fingerprint density at radius 1 is 1.08 bits per heavy atom. The summed E-state index contributed by atoms with van der Waals surface area (Å²) in [5.41, 5.74) is 1.90. The molecule has 4 atom stereocenters. The molecule has 266 valence electrons. The first-order valence-corrected chi connectivity index (χ1v) is 17.3. The fourth-order valence-electron chi connectivity index (χ4n) is 6.28. The molecule has 1 aromatic heterocycles. The van der Waals surface area contributed by atoms with Crippen LogP contribution in [0.25, 0.3) is 0 Å². The van der Waals surface area contributed by atoms with Crippen LogP contribution in [-0.4, -0.2) is 95.7 Å². The molecule has 0 radical (unpaired) electrons. The van der Waals surface area contributed by atoms with Gasteiger partial charge in [-0.05, 0) is 78.0 Å². The average molecular weight is 671 g/mol. The third-order valence-electron chi connectivity index (χ3n) is 9.32. The van der Waals surface area contributed by atoms with Crippen LogP contribution in [0.3, 0.4) is 0 Å². The quantitative estimate of drug-likeness (QED) is 0.292. The summed E-state index contributed by atoms with van der Waals surface area (Å²) < 4.78 is 17.9. The summed E-state index contributed by atoms with van der Waals surface area (Å²) >= 11 is 0. The number of rotatable bonds is 7. The van der Waals surface area contributed by atoms with Crippen LogP contribution in [0.1, 0.15) is 93.9 Å². The highest BCUT2D eigenvalue weighted by Crippen LogP contribution is 2.29. The highest BCUT2D eigenvalue weighted by molar-refractivity contribution is 5.99. The molecule has 4 rings (SSSR count). The fraction of sp³-hybridized carbons (Fsp3) is 0.657. The van der Waals surface area contributed by atoms with Gasteiger partial charge in [-0.1, -0.05) is 31.3 Å². The number of hydrogen-bond acceptors (Lipinski definition) is 8. The van der Waals surface area contributed by atoms with Crippen LogP contribution >= 0.6 is 0 Å². The van der Waals surface area contributed by atoms with Gasteiger partial charge in [0, 0.05) is 44.4 Å². The Morgan fingerprint density at radius 3 is 2.50 bits per heavy atom. The fourth-order valence-corrected chi connectivity index (χ4v) is 6.28. The number of amides is 5. The van der Waals surface area contributed by atoms with E-state index in [4.69, 9.17) is 14.0 Å². The molecule has 4 N–H and O–H groups in total. The van der Waals surface area contributed by atoms with E-state index in [1.165, 1.54) is 6.42 Å². The highest BCUT2D eigenvalue weighted by Gasteiger charge is 2.31. The standard InChI is InChI=1S/C35H54N6O7/c1-22-19-41(23(2)21-42)33(43)29-18-28(37-34(44)36-27-13-8-7-9-14-27)15-16-30(29)47-24(3)12-10-11-17-46-31(22)20-40(6)35(45)38-32-25(4)39-48-26(32)5/h15-16,18,22-24,27,31,42H,7-14,17,19-21H2,1-6H3,(H,38,45)(H2,36,37,44)/t22-,23+,24-,31+/m1/s1. The van der Waals surface area contributed by atoms with Gasteiger partial charge in [-0.15, -0.1) is 0 Å². The summed E-state index contributed by atoms with van der Waals surface area (Å²) in [7, 11) is 1.70. The minimum Gasteiger partial charge on any atom is -0.490 e. The summed E-state index contributed by atoms with van der Waals surface area (Å²) in [6.45, 7) is 9.99. The Bertz CT molecular complexity index is 1360. The van der Waals surface area contributed by atoms with Crippen LogP contribution in [0.2, 0.25) is 0 Å². The number of anilines is 2. The van der Waals surface area contributed by atoms with Gasteiger partial charge in [0.05, 0.1) is 30.4 Å². The number of fused-ring (bicyclic) bond motifs is 1. The number of carbonyl (C=O) groups is 3. The van der Waals surface area contributed by atoms with Crippen molar-refractivity contribution in [1.82, 2.24) is 20.3 Å². The van der Waals surface area contributed by atoms with Gasteiger partial charge in [0.15, 0.2) is 5.76 Å². The minimum absolute atomic E-state index is 0.139. The van der Waals surface area contributed by atoms with Gasteiger partial charge in [0.2, 0.25) is 0 Å². The molecule has 13 heteroatoms. The van der Waals surface area contributed by atoms with Crippen molar-refractivity contribution in [3.05, 3.63) is 35.2 Å². The van der Waals surface area contributed by atoms with Gasteiger partial charge >= 0.3 is 12.1 Å². The Kier molecular flexibility index (Phi) is 13.5. The highest BCUT2D eigenvalue weighted by atomic mass is 16.5. The monoisotopic (exact) mass is 670 g/mol. The second kappa shape index (κ2) is 17.5. The molecule has 1 aliphatic carbocycles. The molecular formula is C35H54N6O7. The maximum atomic E-state index is 14.4. The number of benzene rings is 1. The summed E-state index contributed by atoms with van der Waals surface area (Å²) in [6, 6.07) is 4.11. The lowest BCUT2D eigenvalue weighted by Gasteiger charge is -2.35. The number of ether oxygens (including phenoxy) is 2. The van der Waals surface area contributed by atoms with Crippen molar-refractivity contribution < 1.29 is 33.5 Å². The van der Waals surface area contributed by atoms with Crippen molar-refractivity contribution in [2.75, 3.05) is 44.0 Å². The van der Waals surface area contributed by atoms with E-state index in [-0.39, 0.29) is 55.7 Å². The van der Waals surface area contributed by atoms with Crippen molar-refractivity contribution in [2.24, 2.45) is 5.92 Å². The van der Waals surface area contributed by atoms with E-state index in [9.17, 15) is 19.5 Å². The third-order valence-corrected chi connectivity index (χ3v) is 9.32. The first kappa shape index (κ1) is 37.0. The van der Waals surface area contributed by atoms with Gasteiger partial charge in [-0.2, -0.15) is 0 Å². The van der Waals surface area contributed by atoms with Gasteiger partial charge < -0.3 is 44.9 Å². The van der Waals surface area contributed by atoms with Gasteiger partial charge in [0.1, 0.15) is 17.1 Å². The second-order valence-corrected chi connectivity index (χ2v) is 13.5. The van der Waals surface area contributed by atoms with Crippen LogP contribution in [0, 0.1) is 19.8 Å². The van der Waals surface area contributed by atoms with Gasteiger partial charge in [-0.25, -0.2) is 9.59 Å². The van der Waals surface area contributed by atoms with Crippen molar-refractivity contribution in [2.45, 2.75) is 110 Å². The lowest BCUT2D eigenvalue weighted by Crippen LogP contribution is -2.48. The predicted octanol–water partition coefficient (Wildman–Crippen LogP) is 5.71. The molecule has 2 heterocycles. The van der Waals surface area contributed by atoms with E-state index in [2.05, 4.69) is 21.1 Å². The SMILES string of the molecule is Cc1noc(C)c1NC(=O)N(C)C[C@@H]1OCCCC[C@@H](C)Oc2ccc(NC(=O)NC3CCCCC3)cc2C(=O)N([C@@H](C)CO)C[C@H]1C. The van der Waals surface area contributed by atoms with Crippen LogP contribution in [-0.2, 0) is 4.74 Å². The summed E-state index contributed by atoms with van der Waals surface area (Å²) in [4.78, 5) is 43.6. The molecule has 13 nitrogen and oxygen atoms in total. The molecule has 1 aliphatic heterocycles. The van der Waals surface area contributed by atoms with Gasteiger partial charge in [-0.3, -0.25) is 4.79 Å². The lowest BCUT2D eigenvalue weighted by molar-refractivity contribution is -0.0115. The number of hydrogen-bond donors (Lipinski definition) is 4. The zero-order valence-corrected chi connectivity index (χ0v) is 29.3. The normalized spacial score (nSPS) is 22.1. The third kappa shape index (κ3) is 10.1. The molecule has 2 aliphatic rings. The van der Waals surface area contributed by atoms with Crippen LogP contribution in [0.4, 0.5) is 21.0 Å². The lowest BCUT2D eigenvalue weighted by atomic mass is 9.96. The van der Waals surface area contributed by atoms with Crippen LogP contribution in [0.15, 0.2) is 22.7 Å². The number of likely N-dealkylation sites (N-methyl/N-ethyl adjacent to an activating group) is 1. The summed E-state index contributed by atoms with van der Waals surface area (Å²) in [5.74, 6) is 0.396. The largest absolute Gasteiger partial charge is 0.490 e. The van der Waals surface area contributed by atoms with Crippen molar-refractivity contribution in [3.8, 4) is 5.75 Å². The maximum absolute atomic E-state index is 14.4. The number of aliphatic hydroxyl groups is 1. The molecule has 2 aromatic rings. The molecule has 5 amide bonds. The van der Waals surface area contributed by atoms with E-state index in [0.29, 0.717) is 40.7 Å².